The van der Waals surface area contributed by atoms with E-state index in [4.69, 9.17) is 16.7 Å². The van der Waals surface area contributed by atoms with Gasteiger partial charge < -0.3 is 10.4 Å². The van der Waals surface area contributed by atoms with Crippen LogP contribution in [0.1, 0.15) is 11.3 Å². The summed E-state index contributed by atoms with van der Waals surface area (Å²) in [5, 5.41) is 11.2. The van der Waals surface area contributed by atoms with Crippen LogP contribution in [0.4, 0.5) is 13.2 Å². The van der Waals surface area contributed by atoms with Crippen molar-refractivity contribution < 1.29 is 18.3 Å². The molecule has 0 saturated carbocycles. The van der Waals surface area contributed by atoms with Gasteiger partial charge in [0.05, 0.1) is 22.9 Å². The molecule has 0 unspecified atom stereocenters. The number of rotatable bonds is 4. The summed E-state index contributed by atoms with van der Waals surface area (Å²) < 4.78 is 36.8. The van der Waals surface area contributed by atoms with Gasteiger partial charge in [-0.1, -0.05) is 11.6 Å². The molecule has 0 aliphatic heterocycles. The number of alkyl halides is 3. The number of pyridine rings is 1. The molecule has 1 aromatic rings. The van der Waals surface area contributed by atoms with Gasteiger partial charge in [0.15, 0.2) is 0 Å². The SMILES string of the molecule is OCCNCc1ncc(C(F)(F)F)cc1Cl. The van der Waals surface area contributed by atoms with Crippen molar-refractivity contribution in [2.24, 2.45) is 0 Å². The van der Waals surface area contributed by atoms with Crippen molar-refractivity contribution in [3.8, 4) is 0 Å². The number of nitrogens with zero attached hydrogens (tertiary/aromatic N) is 1. The number of nitrogens with one attached hydrogen (secondary N) is 1. The maximum absolute atomic E-state index is 12.3. The summed E-state index contributed by atoms with van der Waals surface area (Å²) in [6.07, 6.45) is -3.70. The second kappa shape index (κ2) is 5.47. The lowest BCUT2D eigenvalue weighted by molar-refractivity contribution is -0.137. The van der Waals surface area contributed by atoms with Crippen LogP contribution in [0.2, 0.25) is 5.02 Å². The molecule has 1 rings (SSSR count). The van der Waals surface area contributed by atoms with Crippen LogP contribution >= 0.6 is 11.6 Å². The number of aliphatic hydroxyl groups excluding tert-OH is 1. The predicted molar refractivity (Wildman–Crippen MR) is 53.0 cm³/mol. The first kappa shape index (κ1) is 13.2. The lowest BCUT2D eigenvalue weighted by Crippen LogP contribution is -2.18. The van der Waals surface area contributed by atoms with Gasteiger partial charge in [0.25, 0.3) is 0 Å². The first-order valence-electron chi connectivity index (χ1n) is 4.48. The van der Waals surface area contributed by atoms with E-state index < -0.39 is 11.7 Å². The molecule has 0 aromatic carbocycles. The second-order valence-electron chi connectivity index (χ2n) is 3.05. The van der Waals surface area contributed by atoms with E-state index in [9.17, 15) is 13.2 Å². The minimum atomic E-state index is -4.44. The number of hydrogen-bond donors (Lipinski definition) is 2. The Kier molecular flexibility index (Phi) is 4.52. The standard InChI is InChI=1S/C9H10ClF3N2O/c10-7-3-6(9(11,12)13)4-15-8(7)5-14-1-2-16/h3-4,14,16H,1-2,5H2. The maximum Gasteiger partial charge on any atom is 0.417 e. The smallest absolute Gasteiger partial charge is 0.395 e. The summed E-state index contributed by atoms with van der Waals surface area (Å²) >= 11 is 5.65. The zero-order valence-electron chi connectivity index (χ0n) is 8.18. The summed E-state index contributed by atoms with van der Waals surface area (Å²) in [6.45, 7) is 0.495. The molecule has 1 heterocycles. The van der Waals surface area contributed by atoms with Crippen molar-refractivity contribution in [2.45, 2.75) is 12.7 Å². The highest BCUT2D eigenvalue weighted by Gasteiger charge is 2.31. The Balaban J connectivity index is 2.76. The first-order chi connectivity index (χ1) is 7.45. The van der Waals surface area contributed by atoms with Crippen molar-refractivity contribution in [3.63, 3.8) is 0 Å². The Bertz CT molecular complexity index is 357. The molecular formula is C9H10ClF3N2O. The number of aromatic nitrogens is 1. The normalized spacial score (nSPS) is 11.8. The van der Waals surface area contributed by atoms with Crippen molar-refractivity contribution >= 4 is 11.6 Å². The van der Waals surface area contributed by atoms with Crippen LogP contribution in [-0.4, -0.2) is 23.2 Å². The quantitative estimate of drug-likeness (QED) is 0.806. The first-order valence-corrected chi connectivity index (χ1v) is 4.86. The van der Waals surface area contributed by atoms with Gasteiger partial charge in [0.2, 0.25) is 0 Å². The summed E-state index contributed by atoms with van der Waals surface area (Å²) in [5.41, 5.74) is -0.550. The van der Waals surface area contributed by atoms with Crippen LogP contribution < -0.4 is 5.32 Å². The Labute approximate surface area is 95.3 Å². The summed E-state index contributed by atoms with van der Waals surface area (Å²) in [5.74, 6) is 0. The molecule has 0 bridgehead atoms. The van der Waals surface area contributed by atoms with E-state index in [2.05, 4.69) is 10.3 Å². The van der Waals surface area contributed by atoms with Crippen LogP contribution in [-0.2, 0) is 12.7 Å². The lowest BCUT2D eigenvalue weighted by Gasteiger charge is -2.09. The zero-order chi connectivity index (χ0) is 12.2. The largest absolute Gasteiger partial charge is 0.417 e. The topological polar surface area (TPSA) is 45.1 Å². The third-order valence-electron chi connectivity index (χ3n) is 1.83. The van der Waals surface area contributed by atoms with Gasteiger partial charge in [-0.25, -0.2) is 0 Å². The molecule has 0 saturated heterocycles. The average Bonchev–Trinajstić information content (AvgIpc) is 2.19. The van der Waals surface area contributed by atoms with Gasteiger partial charge in [0.1, 0.15) is 0 Å². The van der Waals surface area contributed by atoms with Gasteiger partial charge in [-0.3, -0.25) is 4.98 Å². The van der Waals surface area contributed by atoms with Crippen LogP contribution in [0.5, 0.6) is 0 Å². The highest BCUT2D eigenvalue weighted by molar-refractivity contribution is 6.31. The monoisotopic (exact) mass is 254 g/mol. The highest BCUT2D eigenvalue weighted by Crippen LogP contribution is 2.30. The third kappa shape index (κ3) is 3.62. The molecule has 0 fully saturated rings. The molecule has 16 heavy (non-hydrogen) atoms. The summed E-state index contributed by atoms with van der Waals surface area (Å²) in [6, 6.07) is 0.838. The van der Waals surface area contributed by atoms with Gasteiger partial charge in [-0.2, -0.15) is 13.2 Å². The molecule has 2 N–H and O–H groups in total. The van der Waals surface area contributed by atoms with Crippen LogP contribution in [0.3, 0.4) is 0 Å². The molecule has 0 spiro atoms. The average molecular weight is 255 g/mol. The summed E-state index contributed by atoms with van der Waals surface area (Å²) in [4.78, 5) is 3.62. The molecule has 0 aliphatic rings. The second-order valence-corrected chi connectivity index (χ2v) is 3.46. The fourth-order valence-electron chi connectivity index (χ4n) is 1.04. The predicted octanol–water partition coefficient (Wildman–Crippen LogP) is 1.84. The Morgan fingerprint density at radius 2 is 2.12 bits per heavy atom. The molecule has 90 valence electrons. The molecule has 1 aromatic heterocycles. The molecular weight excluding hydrogens is 245 g/mol. The zero-order valence-corrected chi connectivity index (χ0v) is 8.94. The van der Waals surface area contributed by atoms with Gasteiger partial charge >= 0.3 is 6.18 Å². The minimum Gasteiger partial charge on any atom is -0.395 e. The Morgan fingerprint density at radius 3 is 2.62 bits per heavy atom. The molecule has 0 atom stereocenters. The fraction of sp³-hybridized carbons (Fsp3) is 0.444. The van der Waals surface area contributed by atoms with Crippen molar-refractivity contribution in [2.75, 3.05) is 13.2 Å². The van der Waals surface area contributed by atoms with E-state index >= 15 is 0 Å². The number of hydrogen-bond acceptors (Lipinski definition) is 3. The molecule has 3 nitrogen and oxygen atoms in total. The van der Waals surface area contributed by atoms with Gasteiger partial charge in [-0.05, 0) is 6.07 Å². The van der Waals surface area contributed by atoms with E-state index in [0.717, 1.165) is 12.3 Å². The molecule has 0 radical (unpaired) electrons. The van der Waals surface area contributed by atoms with Crippen LogP contribution in [0, 0.1) is 0 Å². The molecule has 0 amide bonds. The van der Waals surface area contributed by atoms with E-state index in [1.165, 1.54) is 0 Å². The van der Waals surface area contributed by atoms with Gasteiger partial charge in [0, 0.05) is 19.3 Å². The number of halogens is 4. The summed E-state index contributed by atoms with van der Waals surface area (Å²) in [7, 11) is 0. The van der Waals surface area contributed by atoms with Crippen molar-refractivity contribution in [1.29, 1.82) is 0 Å². The van der Waals surface area contributed by atoms with Crippen molar-refractivity contribution in [3.05, 3.63) is 28.5 Å². The van der Waals surface area contributed by atoms with Crippen molar-refractivity contribution in [1.82, 2.24) is 10.3 Å². The van der Waals surface area contributed by atoms with E-state index in [-0.39, 0.29) is 18.2 Å². The van der Waals surface area contributed by atoms with E-state index in [1.807, 2.05) is 0 Å². The minimum absolute atomic E-state index is 0.0414. The van der Waals surface area contributed by atoms with E-state index in [0.29, 0.717) is 12.2 Å². The Hall–Kier alpha value is -0.850. The van der Waals surface area contributed by atoms with Gasteiger partial charge in [-0.15, -0.1) is 0 Å². The highest BCUT2D eigenvalue weighted by atomic mass is 35.5. The van der Waals surface area contributed by atoms with Crippen LogP contribution in [0.15, 0.2) is 12.3 Å². The lowest BCUT2D eigenvalue weighted by atomic mass is 10.2. The molecule has 7 heteroatoms. The van der Waals surface area contributed by atoms with Crippen LogP contribution in [0.25, 0.3) is 0 Å². The molecule has 0 aliphatic carbocycles. The maximum atomic E-state index is 12.3. The fourth-order valence-corrected chi connectivity index (χ4v) is 1.27. The third-order valence-corrected chi connectivity index (χ3v) is 2.15. The number of aliphatic hydroxyl groups is 1. The Morgan fingerprint density at radius 1 is 1.44 bits per heavy atom. The van der Waals surface area contributed by atoms with E-state index in [1.54, 1.807) is 0 Å².